The molecule has 0 bridgehead atoms. The second-order valence-electron chi connectivity index (χ2n) is 1.06. The van der Waals surface area contributed by atoms with Crippen LogP contribution in [0.5, 0.6) is 0 Å². The Kier molecular flexibility index (Phi) is 2.96. The number of carbonyl (C=O) groups excluding carboxylic acids is 1. The Morgan fingerprint density at radius 3 is 2.29 bits per heavy atom. The van der Waals surface area contributed by atoms with E-state index >= 15 is 0 Å². The van der Waals surface area contributed by atoms with Crippen LogP contribution < -0.4 is 11.5 Å². The van der Waals surface area contributed by atoms with Gasteiger partial charge in [0.2, 0.25) is 0 Å². The summed E-state index contributed by atoms with van der Waals surface area (Å²) >= 11 is 0. The Bertz CT molecular complexity index is 87.7. The van der Waals surface area contributed by atoms with Gasteiger partial charge < -0.3 is 11.5 Å². The van der Waals surface area contributed by atoms with E-state index in [1.54, 1.807) is 0 Å². The average molecular weight is 100 g/mol. The summed E-state index contributed by atoms with van der Waals surface area (Å²) < 4.78 is 0. The zero-order valence-corrected chi connectivity index (χ0v) is 3.92. The summed E-state index contributed by atoms with van der Waals surface area (Å²) in [5.74, 6) is 0. The first-order valence-electron chi connectivity index (χ1n) is 1.91. The molecule has 0 aromatic heterocycles. The molecule has 0 spiro atoms. The van der Waals surface area contributed by atoms with E-state index in [0.717, 1.165) is 0 Å². The predicted octanol–water partition coefficient (Wildman–Crippen LogP) is -1.01. The molecule has 0 aromatic rings. The highest BCUT2D eigenvalue weighted by molar-refractivity contribution is 5.73. The van der Waals surface area contributed by atoms with E-state index in [4.69, 9.17) is 11.5 Å². The standard InChI is InChI=1S/C4H8N2O/c5-1-4(2-6)3-7/h1,3H,2,5-6H2/b4-1+. The second kappa shape index (κ2) is 3.36. The van der Waals surface area contributed by atoms with Crippen LogP contribution in [0.3, 0.4) is 0 Å². The summed E-state index contributed by atoms with van der Waals surface area (Å²) in [4.78, 5) is 9.74. The van der Waals surface area contributed by atoms with Gasteiger partial charge >= 0.3 is 0 Å². The Morgan fingerprint density at radius 2 is 2.29 bits per heavy atom. The molecular formula is C4H8N2O. The number of carbonyl (C=O) groups is 1. The number of aldehydes is 1. The SMILES string of the molecule is N/C=C(/C=O)CN. The maximum absolute atomic E-state index is 9.74. The number of hydrogen-bond donors (Lipinski definition) is 2. The summed E-state index contributed by atoms with van der Waals surface area (Å²) in [6, 6.07) is 0. The minimum Gasteiger partial charge on any atom is -0.404 e. The first kappa shape index (κ1) is 6.17. The van der Waals surface area contributed by atoms with Crippen molar-refractivity contribution in [2.75, 3.05) is 6.54 Å². The minimum absolute atomic E-state index is 0.222. The molecule has 0 atom stereocenters. The van der Waals surface area contributed by atoms with Crippen molar-refractivity contribution in [1.82, 2.24) is 0 Å². The summed E-state index contributed by atoms with van der Waals surface area (Å²) in [6.45, 7) is 0.222. The van der Waals surface area contributed by atoms with Crippen LogP contribution >= 0.6 is 0 Å². The van der Waals surface area contributed by atoms with Crippen molar-refractivity contribution in [2.24, 2.45) is 11.5 Å². The van der Waals surface area contributed by atoms with Gasteiger partial charge in [0.25, 0.3) is 0 Å². The third-order valence-corrected chi connectivity index (χ3v) is 0.601. The number of rotatable bonds is 2. The molecule has 4 N–H and O–H groups in total. The van der Waals surface area contributed by atoms with Gasteiger partial charge in [-0.25, -0.2) is 0 Å². The van der Waals surface area contributed by atoms with Crippen LogP contribution in [0.15, 0.2) is 11.8 Å². The lowest BCUT2D eigenvalue weighted by Gasteiger charge is -1.84. The van der Waals surface area contributed by atoms with Crippen LogP contribution in [0, 0.1) is 0 Å². The molecule has 0 saturated heterocycles. The van der Waals surface area contributed by atoms with Crippen LogP contribution in [-0.2, 0) is 4.79 Å². The average Bonchev–Trinajstić information content (AvgIpc) is 1.72. The van der Waals surface area contributed by atoms with E-state index in [1.165, 1.54) is 6.20 Å². The minimum atomic E-state index is 0.222. The molecule has 0 fully saturated rings. The van der Waals surface area contributed by atoms with Gasteiger partial charge in [0.1, 0.15) is 6.29 Å². The third-order valence-electron chi connectivity index (χ3n) is 0.601. The summed E-state index contributed by atoms with van der Waals surface area (Å²) in [5, 5.41) is 0. The quantitative estimate of drug-likeness (QED) is 0.345. The van der Waals surface area contributed by atoms with Crippen LogP contribution in [0.4, 0.5) is 0 Å². The molecule has 0 aliphatic rings. The highest BCUT2D eigenvalue weighted by Gasteiger charge is 1.83. The highest BCUT2D eigenvalue weighted by atomic mass is 16.1. The first-order valence-corrected chi connectivity index (χ1v) is 1.91. The first-order chi connectivity index (χ1) is 3.35. The number of hydrogen-bond acceptors (Lipinski definition) is 3. The van der Waals surface area contributed by atoms with Gasteiger partial charge in [-0.05, 0) is 0 Å². The highest BCUT2D eigenvalue weighted by Crippen LogP contribution is 1.75. The third kappa shape index (κ3) is 1.94. The Morgan fingerprint density at radius 1 is 1.71 bits per heavy atom. The van der Waals surface area contributed by atoms with Crippen LogP contribution in [0.1, 0.15) is 0 Å². The molecule has 0 amide bonds. The smallest absolute Gasteiger partial charge is 0.148 e. The van der Waals surface area contributed by atoms with Gasteiger partial charge in [0.05, 0.1) is 0 Å². The monoisotopic (exact) mass is 100 g/mol. The van der Waals surface area contributed by atoms with E-state index in [1.807, 2.05) is 0 Å². The fourth-order valence-electron chi connectivity index (χ4n) is 0.155. The van der Waals surface area contributed by atoms with E-state index in [0.29, 0.717) is 11.9 Å². The second-order valence-corrected chi connectivity index (χ2v) is 1.06. The molecule has 40 valence electrons. The lowest BCUT2D eigenvalue weighted by Crippen LogP contribution is -2.05. The molecule has 0 unspecified atom stereocenters. The van der Waals surface area contributed by atoms with Crippen molar-refractivity contribution >= 4 is 6.29 Å². The normalized spacial score (nSPS) is 11.3. The van der Waals surface area contributed by atoms with Gasteiger partial charge in [-0.1, -0.05) is 0 Å². The molecule has 7 heavy (non-hydrogen) atoms. The van der Waals surface area contributed by atoms with E-state index < -0.39 is 0 Å². The maximum atomic E-state index is 9.74. The van der Waals surface area contributed by atoms with E-state index in [2.05, 4.69) is 0 Å². The maximum Gasteiger partial charge on any atom is 0.148 e. The van der Waals surface area contributed by atoms with Gasteiger partial charge in [-0.3, -0.25) is 4.79 Å². The zero-order chi connectivity index (χ0) is 5.70. The molecule has 3 nitrogen and oxygen atoms in total. The summed E-state index contributed by atoms with van der Waals surface area (Å²) in [6.07, 6.45) is 1.84. The topological polar surface area (TPSA) is 69.1 Å². The molecule has 0 aliphatic heterocycles. The van der Waals surface area contributed by atoms with Crippen LogP contribution in [0.2, 0.25) is 0 Å². The Hall–Kier alpha value is -0.830. The van der Waals surface area contributed by atoms with Crippen molar-refractivity contribution < 1.29 is 4.79 Å². The van der Waals surface area contributed by atoms with Gasteiger partial charge in [0, 0.05) is 18.3 Å². The fourth-order valence-corrected chi connectivity index (χ4v) is 0.155. The summed E-state index contributed by atoms with van der Waals surface area (Å²) in [7, 11) is 0. The van der Waals surface area contributed by atoms with Crippen LogP contribution in [0.25, 0.3) is 0 Å². The number of nitrogens with two attached hydrogens (primary N) is 2. The fraction of sp³-hybridized carbons (Fsp3) is 0.250. The van der Waals surface area contributed by atoms with E-state index in [-0.39, 0.29) is 6.54 Å². The van der Waals surface area contributed by atoms with Gasteiger partial charge in [0.15, 0.2) is 0 Å². The van der Waals surface area contributed by atoms with Crippen molar-refractivity contribution in [3.63, 3.8) is 0 Å². The molecular weight excluding hydrogens is 92.1 g/mol. The lowest BCUT2D eigenvalue weighted by molar-refractivity contribution is -0.104. The van der Waals surface area contributed by atoms with Crippen molar-refractivity contribution in [3.8, 4) is 0 Å². The zero-order valence-electron chi connectivity index (χ0n) is 3.92. The molecule has 0 aromatic carbocycles. The van der Waals surface area contributed by atoms with Crippen molar-refractivity contribution in [2.45, 2.75) is 0 Å². The molecule has 0 saturated carbocycles. The molecule has 0 radical (unpaired) electrons. The van der Waals surface area contributed by atoms with Crippen LogP contribution in [-0.4, -0.2) is 12.8 Å². The van der Waals surface area contributed by atoms with Gasteiger partial charge in [-0.15, -0.1) is 0 Å². The van der Waals surface area contributed by atoms with Gasteiger partial charge in [-0.2, -0.15) is 0 Å². The molecule has 3 heteroatoms. The predicted molar refractivity (Wildman–Crippen MR) is 27.4 cm³/mol. The summed E-state index contributed by atoms with van der Waals surface area (Å²) in [5.41, 5.74) is 10.4. The Labute approximate surface area is 42.0 Å². The van der Waals surface area contributed by atoms with Crippen molar-refractivity contribution in [1.29, 1.82) is 0 Å². The van der Waals surface area contributed by atoms with Crippen molar-refractivity contribution in [3.05, 3.63) is 11.8 Å². The Balaban J connectivity index is 3.60. The largest absolute Gasteiger partial charge is 0.404 e. The molecule has 0 heterocycles. The molecule has 0 rings (SSSR count). The lowest BCUT2D eigenvalue weighted by atomic mass is 10.3. The molecule has 0 aliphatic carbocycles. The van der Waals surface area contributed by atoms with E-state index in [9.17, 15) is 4.79 Å².